The molecule has 0 aliphatic heterocycles. The van der Waals surface area contributed by atoms with Crippen LogP contribution in [0.4, 0.5) is 11.5 Å². The molecule has 4 rings (SSSR count). The molecule has 9 heteroatoms. The zero-order chi connectivity index (χ0) is 24.8. The minimum Gasteiger partial charge on any atom is -0.441 e. The number of hydrogen-bond acceptors (Lipinski definition) is 6. The Kier molecular flexibility index (Phi) is 7.25. The van der Waals surface area contributed by atoms with Crippen molar-refractivity contribution in [1.82, 2.24) is 14.5 Å². The van der Waals surface area contributed by atoms with Crippen LogP contribution in [0.3, 0.4) is 0 Å². The molecule has 0 atom stereocenters. The average molecular weight is 474 g/mol. The van der Waals surface area contributed by atoms with Crippen LogP contribution in [0.5, 0.6) is 0 Å². The molecule has 0 saturated heterocycles. The SMILES string of the molecule is CCCN(C(=O)CCc1ncc(-c2ccccc2)o1)c1c(N)n(Cc2ccccc2)c(=O)[nH]c1=O. The van der Waals surface area contributed by atoms with Crippen molar-refractivity contribution in [3.05, 3.63) is 99.2 Å². The van der Waals surface area contributed by atoms with Crippen LogP contribution in [0, 0.1) is 0 Å². The van der Waals surface area contributed by atoms with Crippen molar-refractivity contribution in [2.75, 3.05) is 17.2 Å². The summed E-state index contributed by atoms with van der Waals surface area (Å²) < 4.78 is 7.06. The molecule has 3 N–H and O–H groups in total. The number of hydrogen-bond donors (Lipinski definition) is 2. The van der Waals surface area contributed by atoms with Crippen LogP contribution in [0.25, 0.3) is 11.3 Å². The predicted octanol–water partition coefficient (Wildman–Crippen LogP) is 3.20. The molecule has 4 aromatic rings. The molecule has 0 spiro atoms. The third-order valence-corrected chi connectivity index (χ3v) is 5.58. The first-order chi connectivity index (χ1) is 17.0. The lowest BCUT2D eigenvalue weighted by Gasteiger charge is -2.24. The maximum absolute atomic E-state index is 13.2. The van der Waals surface area contributed by atoms with Crippen molar-refractivity contribution in [3.8, 4) is 11.3 Å². The Morgan fingerprint density at radius 3 is 2.46 bits per heavy atom. The summed E-state index contributed by atoms with van der Waals surface area (Å²) in [7, 11) is 0. The fourth-order valence-electron chi connectivity index (χ4n) is 3.86. The number of nitrogens with zero attached hydrogens (tertiary/aromatic N) is 3. The van der Waals surface area contributed by atoms with Gasteiger partial charge < -0.3 is 15.1 Å². The highest BCUT2D eigenvalue weighted by Crippen LogP contribution is 2.22. The van der Waals surface area contributed by atoms with Crippen molar-refractivity contribution in [2.45, 2.75) is 32.7 Å². The van der Waals surface area contributed by atoms with Crippen molar-refractivity contribution >= 4 is 17.4 Å². The van der Waals surface area contributed by atoms with E-state index < -0.39 is 11.2 Å². The Morgan fingerprint density at radius 2 is 1.77 bits per heavy atom. The van der Waals surface area contributed by atoms with Gasteiger partial charge in [-0.15, -0.1) is 0 Å². The van der Waals surface area contributed by atoms with E-state index in [0.29, 0.717) is 18.1 Å². The molecular formula is C26H27N5O4. The van der Waals surface area contributed by atoms with Crippen LogP contribution in [-0.2, 0) is 17.8 Å². The molecular weight excluding hydrogens is 446 g/mol. The second-order valence-electron chi connectivity index (χ2n) is 8.09. The highest BCUT2D eigenvalue weighted by Gasteiger charge is 2.24. The van der Waals surface area contributed by atoms with Crippen LogP contribution >= 0.6 is 0 Å². The molecule has 9 nitrogen and oxygen atoms in total. The number of benzene rings is 2. The number of nitrogens with one attached hydrogen (secondary N) is 1. The summed E-state index contributed by atoms with van der Waals surface area (Å²) in [6, 6.07) is 18.8. The molecule has 180 valence electrons. The van der Waals surface area contributed by atoms with Gasteiger partial charge in [-0.05, 0) is 12.0 Å². The highest BCUT2D eigenvalue weighted by atomic mass is 16.4. The molecule has 0 fully saturated rings. The number of carbonyl (C=O) groups excluding carboxylic acids is 1. The normalized spacial score (nSPS) is 10.9. The number of nitrogens with two attached hydrogens (primary N) is 1. The van der Waals surface area contributed by atoms with E-state index in [-0.39, 0.29) is 43.3 Å². The quantitative estimate of drug-likeness (QED) is 0.384. The van der Waals surface area contributed by atoms with Gasteiger partial charge in [-0.1, -0.05) is 67.6 Å². The highest BCUT2D eigenvalue weighted by molar-refractivity contribution is 5.95. The van der Waals surface area contributed by atoms with Gasteiger partial charge in [0.1, 0.15) is 5.82 Å². The lowest BCUT2D eigenvalue weighted by atomic mass is 10.2. The first-order valence-electron chi connectivity index (χ1n) is 11.4. The number of aromatic nitrogens is 3. The monoisotopic (exact) mass is 473 g/mol. The summed E-state index contributed by atoms with van der Waals surface area (Å²) in [5, 5.41) is 0. The number of nitrogen functional groups attached to an aromatic ring is 1. The second-order valence-corrected chi connectivity index (χ2v) is 8.09. The van der Waals surface area contributed by atoms with Crippen LogP contribution in [0.15, 0.2) is 80.9 Å². The smallest absolute Gasteiger partial charge is 0.330 e. The minimum atomic E-state index is -0.693. The Hall–Kier alpha value is -4.40. The number of aromatic amines is 1. The summed E-state index contributed by atoms with van der Waals surface area (Å²) in [6.45, 7) is 2.34. The Morgan fingerprint density at radius 1 is 1.09 bits per heavy atom. The molecule has 2 heterocycles. The van der Waals surface area contributed by atoms with Crippen LogP contribution in [0.2, 0.25) is 0 Å². The first-order valence-corrected chi connectivity index (χ1v) is 11.4. The Labute approximate surface area is 201 Å². The van der Waals surface area contributed by atoms with Gasteiger partial charge in [-0.25, -0.2) is 9.78 Å². The Balaban J connectivity index is 1.56. The molecule has 0 unspecified atom stereocenters. The van der Waals surface area contributed by atoms with Gasteiger partial charge in [0, 0.05) is 24.9 Å². The maximum atomic E-state index is 13.2. The zero-order valence-corrected chi connectivity index (χ0v) is 19.4. The van der Waals surface area contributed by atoms with Gasteiger partial charge >= 0.3 is 5.69 Å². The van der Waals surface area contributed by atoms with E-state index in [1.165, 1.54) is 9.47 Å². The number of oxazole rings is 1. The van der Waals surface area contributed by atoms with Crippen molar-refractivity contribution in [2.24, 2.45) is 0 Å². The van der Waals surface area contributed by atoms with Gasteiger partial charge in [-0.3, -0.25) is 19.1 Å². The van der Waals surface area contributed by atoms with E-state index in [1.54, 1.807) is 6.20 Å². The van der Waals surface area contributed by atoms with E-state index in [2.05, 4.69) is 9.97 Å². The van der Waals surface area contributed by atoms with E-state index in [4.69, 9.17) is 10.2 Å². The van der Waals surface area contributed by atoms with Crippen LogP contribution in [0.1, 0.15) is 31.2 Å². The van der Waals surface area contributed by atoms with Gasteiger partial charge in [0.2, 0.25) is 5.91 Å². The third-order valence-electron chi connectivity index (χ3n) is 5.58. The van der Waals surface area contributed by atoms with Gasteiger partial charge in [0.05, 0.1) is 12.7 Å². The number of H-pyrrole nitrogens is 1. The molecule has 0 aliphatic rings. The fourth-order valence-corrected chi connectivity index (χ4v) is 3.86. The third kappa shape index (κ3) is 5.40. The lowest BCUT2D eigenvalue weighted by molar-refractivity contribution is -0.118. The van der Waals surface area contributed by atoms with Crippen molar-refractivity contribution in [1.29, 1.82) is 0 Å². The van der Waals surface area contributed by atoms with Crippen molar-refractivity contribution < 1.29 is 9.21 Å². The number of amides is 1. The molecule has 1 amide bonds. The topological polar surface area (TPSA) is 127 Å². The summed E-state index contributed by atoms with van der Waals surface area (Å²) in [6.07, 6.45) is 2.54. The number of aryl methyl sites for hydroxylation is 1. The van der Waals surface area contributed by atoms with E-state index in [0.717, 1.165) is 11.1 Å². The van der Waals surface area contributed by atoms with E-state index in [9.17, 15) is 14.4 Å². The second kappa shape index (κ2) is 10.7. The molecule has 0 aliphatic carbocycles. The standard InChI is InChI=1S/C26H27N5O4/c1-2-15-30(22(32)14-13-21-28-16-20(35-21)19-11-7-4-8-12-19)23-24(27)31(26(34)29-25(23)33)17-18-9-5-3-6-10-18/h3-12,16H,2,13-15,17,27H2,1H3,(H,29,33,34). The molecule has 0 saturated carbocycles. The van der Waals surface area contributed by atoms with Gasteiger partial charge in [0.15, 0.2) is 17.3 Å². The first kappa shape index (κ1) is 23.7. The summed E-state index contributed by atoms with van der Waals surface area (Å²) in [4.78, 5) is 46.4. The minimum absolute atomic E-state index is 0.0234. The van der Waals surface area contributed by atoms with E-state index >= 15 is 0 Å². The summed E-state index contributed by atoms with van der Waals surface area (Å²) >= 11 is 0. The molecule has 0 bridgehead atoms. The Bertz CT molecular complexity index is 1410. The van der Waals surface area contributed by atoms with Crippen molar-refractivity contribution in [3.63, 3.8) is 0 Å². The van der Waals surface area contributed by atoms with Crippen LogP contribution < -0.4 is 21.9 Å². The van der Waals surface area contributed by atoms with Gasteiger partial charge in [-0.2, -0.15) is 0 Å². The van der Waals surface area contributed by atoms with Gasteiger partial charge in [0.25, 0.3) is 5.56 Å². The molecule has 0 radical (unpaired) electrons. The summed E-state index contributed by atoms with van der Waals surface area (Å²) in [5.74, 6) is 0.678. The molecule has 35 heavy (non-hydrogen) atoms. The number of anilines is 2. The average Bonchev–Trinajstić information content (AvgIpc) is 3.35. The fraction of sp³-hybridized carbons (Fsp3) is 0.231. The largest absolute Gasteiger partial charge is 0.441 e. The maximum Gasteiger partial charge on any atom is 0.330 e. The summed E-state index contributed by atoms with van der Waals surface area (Å²) in [5.41, 5.74) is 6.68. The van der Waals surface area contributed by atoms with Crippen LogP contribution in [-0.4, -0.2) is 27.0 Å². The predicted molar refractivity (Wildman–Crippen MR) is 134 cm³/mol. The molecule has 2 aromatic heterocycles. The number of rotatable bonds is 9. The molecule has 2 aromatic carbocycles. The number of carbonyl (C=O) groups is 1. The van der Waals surface area contributed by atoms with E-state index in [1.807, 2.05) is 67.6 Å². The lowest BCUT2D eigenvalue weighted by Crippen LogP contribution is -2.41. The zero-order valence-electron chi connectivity index (χ0n) is 19.4.